The van der Waals surface area contributed by atoms with E-state index < -0.39 is 0 Å². The SMILES string of the molecule is CCc1nc(NC(=O)c2ccccc2)c(-c2ccccc2)o1. The van der Waals surface area contributed by atoms with E-state index in [-0.39, 0.29) is 5.91 Å². The molecule has 0 aliphatic rings. The van der Waals surface area contributed by atoms with Crippen LogP contribution in [0.2, 0.25) is 0 Å². The van der Waals surface area contributed by atoms with Gasteiger partial charge < -0.3 is 9.73 Å². The first-order valence-corrected chi connectivity index (χ1v) is 7.19. The molecule has 2 aromatic carbocycles. The maximum Gasteiger partial charge on any atom is 0.256 e. The number of carbonyl (C=O) groups excluding carboxylic acids is 1. The van der Waals surface area contributed by atoms with E-state index in [1.54, 1.807) is 12.1 Å². The smallest absolute Gasteiger partial charge is 0.256 e. The fraction of sp³-hybridized carbons (Fsp3) is 0.111. The highest BCUT2D eigenvalue weighted by Crippen LogP contribution is 2.29. The van der Waals surface area contributed by atoms with Gasteiger partial charge in [-0.2, -0.15) is 4.98 Å². The number of amides is 1. The van der Waals surface area contributed by atoms with Crippen LogP contribution < -0.4 is 5.32 Å². The fourth-order valence-electron chi connectivity index (χ4n) is 2.15. The minimum absolute atomic E-state index is 0.200. The molecule has 4 heteroatoms. The van der Waals surface area contributed by atoms with Crippen LogP contribution in [0, 0.1) is 0 Å². The van der Waals surface area contributed by atoms with Crippen LogP contribution in [0.3, 0.4) is 0 Å². The van der Waals surface area contributed by atoms with Crippen molar-refractivity contribution in [2.45, 2.75) is 13.3 Å². The minimum atomic E-state index is -0.200. The monoisotopic (exact) mass is 292 g/mol. The third-order valence-corrected chi connectivity index (χ3v) is 3.28. The Kier molecular flexibility index (Phi) is 4.01. The Morgan fingerprint density at radius 1 is 1.05 bits per heavy atom. The van der Waals surface area contributed by atoms with Crippen molar-refractivity contribution >= 4 is 11.7 Å². The third kappa shape index (κ3) is 2.91. The molecule has 0 aliphatic carbocycles. The first-order valence-electron chi connectivity index (χ1n) is 7.19. The summed E-state index contributed by atoms with van der Waals surface area (Å²) in [5.74, 6) is 1.44. The molecule has 0 spiro atoms. The molecule has 1 amide bonds. The molecule has 3 aromatic rings. The molecule has 22 heavy (non-hydrogen) atoms. The normalized spacial score (nSPS) is 10.4. The van der Waals surface area contributed by atoms with E-state index in [9.17, 15) is 4.79 Å². The largest absolute Gasteiger partial charge is 0.438 e. The van der Waals surface area contributed by atoms with Crippen molar-refractivity contribution in [3.05, 3.63) is 72.1 Å². The van der Waals surface area contributed by atoms with E-state index in [0.29, 0.717) is 29.5 Å². The maximum atomic E-state index is 12.3. The summed E-state index contributed by atoms with van der Waals surface area (Å²) in [5, 5.41) is 2.84. The molecule has 0 bridgehead atoms. The number of benzene rings is 2. The molecular formula is C18H16N2O2. The lowest BCUT2D eigenvalue weighted by Crippen LogP contribution is -2.12. The molecule has 1 aromatic heterocycles. The number of carbonyl (C=O) groups is 1. The van der Waals surface area contributed by atoms with E-state index in [0.717, 1.165) is 5.56 Å². The van der Waals surface area contributed by atoms with Crippen LogP contribution in [-0.4, -0.2) is 10.9 Å². The van der Waals surface area contributed by atoms with Gasteiger partial charge in [-0.3, -0.25) is 4.79 Å². The number of hydrogen-bond donors (Lipinski definition) is 1. The number of oxazole rings is 1. The molecule has 0 radical (unpaired) electrons. The molecule has 0 saturated carbocycles. The predicted octanol–water partition coefficient (Wildman–Crippen LogP) is 4.16. The zero-order chi connectivity index (χ0) is 15.4. The van der Waals surface area contributed by atoms with Crippen molar-refractivity contribution in [3.63, 3.8) is 0 Å². The standard InChI is InChI=1S/C18H16N2O2/c1-2-15-19-17(16(22-15)13-9-5-3-6-10-13)20-18(21)14-11-7-4-8-12-14/h3-12H,2H2,1H3,(H,20,21). The van der Waals surface area contributed by atoms with Crippen molar-refractivity contribution in [1.29, 1.82) is 0 Å². The summed E-state index contributed by atoms with van der Waals surface area (Å²) in [6.45, 7) is 1.96. The molecule has 0 aliphatic heterocycles. The van der Waals surface area contributed by atoms with Crippen molar-refractivity contribution in [1.82, 2.24) is 4.98 Å². The fourth-order valence-corrected chi connectivity index (χ4v) is 2.15. The maximum absolute atomic E-state index is 12.3. The van der Waals surface area contributed by atoms with E-state index in [4.69, 9.17) is 4.42 Å². The van der Waals surface area contributed by atoms with E-state index in [1.807, 2.05) is 55.5 Å². The molecule has 4 nitrogen and oxygen atoms in total. The van der Waals surface area contributed by atoms with Crippen molar-refractivity contribution in [2.75, 3.05) is 5.32 Å². The highest BCUT2D eigenvalue weighted by Gasteiger charge is 2.17. The number of nitrogens with one attached hydrogen (secondary N) is 1. The lowest BCUT2D eigenvalue weighted by atomic mass is 10.1. The minimum Gasteiger partial charge on any atom is -0.438 e. The summed E-state index contributed by atoms with van der Waals surface area (Å²) < 4.78 is 5.76. The van der Waals surface area contributed by atoms with Gasteiger partial charge in [0.05, 0.1) is 0 Å². The second kappa shape index (κ2) is 6.26. The van der Waals surface area contributed by atoms with Gasteiger partial charge in [-0.1, -0.05) is 55.5 Å². The van der Waals surface area contributed by atoms with Gasteiger partial charge in [0.15, 0.2) is 17.5 Å². The molecule has 1 N–H and O–H groups in total. The van der Waals surface area contributed by atoms with Crippen molar-refractivity contribution < 1.29 is 9.21 Å². The molecule has 0 saturated heterocycles. The summed E-state index contributed by atoms with van der Waals surface area (Å²) in [6, 6.07) is 18.7. The highest BCUT2D eigenvalue weighted by atomic mass is 16.4. The Labute approximate surface area is 128 Å². The van der Waals surface area contributed by atoms with Gasteiger partial charge in [-0.25, -0.2) is 0 Å². The van der Waals surface area contributed by atoms with Crippen LogP contribution >= 0.6 is 0 Å². The van der Waals surface area contributed by atoms with E-state index >= 15 is 0 Å². The molecule has 110 valence electrons. The summed E-state index contributed by atoms with van der Waals surface area (Å²) in [7, 11) is 0. The first kappa shape index (κ1) is 14.1. The number of rotatable bonds is 4. The van der Waals surface area contributed by atoms with Crippen molar-refractivity contribution in [3.8, 4) is 11.3 Å². The average molecular weight is 292 g/mol. The summed E-state index contributed by atoms with van der Waals surface area (Å²) in [4.78, 5) is 16.7. The predicted molar refractivity (Wildman–Crippen MR) is 85.7 cm³/mol. The van der Waals surface area contributed by atoms with Gasteiger partial charge >= 0.3 is 0 Å². The van der Waals surface area contributed by atoms with Crippen LogP contribution in [0.5, 0.6) is 0 Å². The Morgan fingerprint density at radius 3 is 2.32 bits per heavy atom. The van der Waals surface area contributed by atoms with Gasteiger partial charge in [0.25, 0.3) is 5.91 Å². The lowest BCUT2D eigenvalue weighted by Gasteiger charge is -2.04. The summed E-state index contributed by atoms with van der Waals surface area (Å²) >= 11 is 0. The van der Waals surface area contributed by atoms with Gasteiger partial charge in [0.1, 0.15) is 0 Å². The molecule has 0 fully saturated rings. The van der Waals surface area contributed by atoms with Gasteiger partial charge in [-0.05, 0) is 12.1 Å². The first-order chi connectivity index (χ1) is 10.8. The number of hydrogen-bond acceptors (Lipinski definition) is 3. The van der Waals surface area contributed by atoms with Crippen LogP contribution in [0.4, 0.5) is 5.82 Å². The zero-order valence-electron chi connectivity index (χ0n) is 12.2. The number of nitrogens with zero attached hydrogens (tertiary/aromatic N) is 1. The molecule has 1 heterocycles. The van der Waals surface area contributed by atoms with Crippen LogP contribution in [-0.2, 0) is 6.42 Å². The summed E-state index contributed by atoms with van der Waals surface area (Å²) in [5.41, 5.74) is 1.47. The van der Waals surface area contributed by atoms with Gasteiger partial charge in [0.2, 0.25) is 0 Å². The molecule has 3 rings (SSSR count). The number of aromatic nitrogens is 1. The molecule has 0 atom stereocenters. The Bertz CT molecular complexity index is 764. The Morgan fingerprint density at radius 2 is 1.68 bits per heavy atom. The summed E-state index contributed by atoms with van der Waals surface area (Å²) in [6.07, 6.45) is 0.668. The van der Waals surface area contributed by atoms with E-state index in [2.05, 4.69) is 10.3 Å². The molecular weight excluding hydrogens is 276 g/mol. The quantitative estimate of drug-likeness (QED) is 0.785. The van der Waals surface area contributed by atoms with Gasteiger partial charge in [-0.15, -0.1) is 0 Å². The third-order valence-electron chi connectivity index (χ3n) is 3.28. The second-order valence-electron chi connectivity index (χ2n) is 4.83. The Balaban J connectivity index is 1.93. The van der Waals surface area contributed by atoms with Crippen molar-refractivity contribution in [2.24, 2.45) is 0 Å². The van der Waals surface area contributed by atoms with Crippen LogP contribution in [0.1, 0.15) is 23.2 Å². The van der Waals surface area contributed by atoms with E-state index in [1.165, 1.54) is 0 Å². The lowest BCUT2D eigenvalue weighted by molar-refractivity contribution is 0.102. The average Bonchev–Trinajstić information content (AvgIpc) is 2.99. The number of aryl methyl sites for hydroxylation is 1. The molecule has 0 unspecified atom stereocenters. The van der Waals surface area contributed by atoms with Crippen LogP contribution in [0.25, 0.3) is 11.3 Å². The topological polar surface area (TPSA) is 55.1 Å². The van der Waals surface area contributed by atoms with Gasteiger partial charge in [0, 0.05) is 17.5 Å². The number of anilines is 1. The Hall–Kier alpha value is -2.88. The zero-order valence-corrected chi connectivity index (χ0v) is 12.2. The van der Waals surface area contributed by atoms with Crippen LogP contribution in [0.15, 0.2) is 65.1 Å². The second-order valence-corrected chi connectivity index (χ2v) is 4.83. The highest BCUT2D eigenvalue weighted by molar-refractivity contribution is 6.05.